The Morgan fingerprint density at radius 3 is 2.58 bits per heavy atom. The predicted molar refractivity (Wildman–Crippen MR) is 85.9 cm³/mol. The van der Waals surface area contributed by atoms with E-state index in [1.54, 1.807) is 0 Å². The number of fused-ring (bicyclic) bond motifs is 1. The predicted octanol–water partition coefficient (Wildman–Crippen LogP) is 4.81. The summed E-state index contributed by atoms with van der Waals surface area (Å²) in [7, 11) is 0. The van der Waals surface area contributed by atoms with Crippen LogP contribution in [0.5, 0.6) is 0 Å². The minimum atomic E-state index is 0.0352. The molecule has 1 heterocycles. The van der Waals surface area contributed by atoms with Gasteiger partial charge in [-0.05, 0) is 64.3 Å². The maximum Gasteiger partial charge on any atom is 0.0506 e. The molecule has 1 aromatic rings. The molecule has 1 unspecified atom stereocenters. The van der Waals surface area contributed by atoms with Gasteiger partial charge in [0, 0.05) is 23.0 Å². The second-order valence-electron chi connectivity index (χ2n) is 6.34. The van der Waals surface area contributed by atoms with Gasteiger partial charge in [0.05, 0.1) is 5.54 Å². The van der Waals surface area contributed by atoms with Crippen LogP contribution in [0.1, 0.15) is 52.2 Å². The van der Waals surface area contributed by atoms with Crippen molar-refractivity contribution in [1.29, 1.82) is 0 Å². The normalized spacial score (nSPS) is 18.1. The lowest BCUT2D eigenvalue weighted by molar-refractivity contribution is 0.706. The van der Waals surface area contributed by atoms with Gasteiger partial charge in [0.15, 0.2) is 0 Å². The number of anilines is 2. The molecule has 2 N–H and O–H groups in total. The second-order valence-corrected chi connectivity index (χ2v) is 6.34. The summed E-state index contributed by atoms with van der Waals surface area (Å²) in [6.45, 7) is 13.2. The van der Waals surface area contributed by atoms with E-state index in [1.165, 1.54) is 28.1 Å². The van der Waals surface area contributed by atoms with Crippen LogP contribution in [0.4, 0.5) is 11.4 Å². The standard InChI is InChI=1S/C17H26N2/c1-7-13(4)18-14-8-11(2)16-15(9-14)12(3)10-17(5,6)19-16/h8-10,13,18-19H,7H2,1-6H3. The van der Waals surface area contributed by atoms with Crippen molar-refractivity contribution in [3.8, 4) is 0 Å². The highest BCUT2D eigenvalue weighted by atomic mass is 15.0. The Hall–Kier alpha value is -1.44. The molecule has 0 fully saturated rings. The molecule has 0 saturated heterocycles. The average molecular weight is 258 g/mol. The highest BCUT2D eigenvalue weighted by molar-refractivity contribution is 5.84. The summed E-state index contributed by atoms with van der Waals surface area (Å²) >= 11 is 0. The minimum Gasteiger partial charge on any atom is -0.383 e. The Kier molecular flexibility index (Phi) is 3.62. The van der Waals surface area contributed by atoms with Gasteiger partial charge >= 0.3 is 0 Å². The van der Waals surface area contributed by atoms with Gasteiger partial charge in [0.25, 0.3) is 0 Å². The van der Waals surface area contributed by atoms with E-state index in [9.17, 15) is 0 Å². The van der Waals surface area contributed by atoms with Gasteiger partial charge in [-0.3, -0.25) is 0 Å². The second kappa shape index (κ2) is 4.92. The van der Waals surface area contributed by atoms with Crippen molar-refractivity contribution in [3.05, 3.63) is 29.3 Å². The van der Waals surface area contributed by atoms with E-state index >= 15 is 0 Å². The SMILES string of the molecule is CCC(C)Nc1cc(C)c2c(c1)C(C)=CC(C)(C)N2. The van der Waals surface area contributed by atoms with Crippen molar-refractivity contribution in [1.82, 2.24) is 0 Å². The molecule has 0 aliphatic carbocycles. The van der Waals surface area contributed by atoms with Gasteiger partial charge < -0.3 is 10.6 Å². The Labute approximate surface area is 117 Å². The van der Waals surface area contributed by atoms with Crippen LogP contribution >= 0.6 is 0 Å². The molecule has 0 amide bonds. The van der Waals surface area contributed by atoms with Crippen molar-refractivity contribution < 1.29 is 0 Å². The summed E-state index contributed by atoms with van der Waals surface area (Å²) in [5.41, 5.74) is 6.52. The van der Waals surface area contributed by atoms with Crippen molar-refractivity contribution in [2.75, 3.05) is 10.6 Å². The number of aryl methyl sites for hydroxylation is 1. The maximum atomic E-state index is 3.63. The van der Waals surface area contributed by atoms with E-state index in [0.717, 1.165) is 6.42 Å². The van der Waals surface area contributed by atoms with Crippen molar-refractivity contribution in [2.24, 2.45) is 0 Å². The topological polar surface area (TPSA) is 24.1 Å². The summed E-state index contributed by atoms with van der Waals surface area (Å²) < 4.78 is 0. The highest BCUT2D eigenvalue weighted by Crippen LogP contribution is 2.37. The molecule has 0 bridgehead atoms. The number of hydrogen-bond acceptors (Lipinski definition) is 2. The van der Waals surface area contributed by atoms with Gasteiger partial charge in [0.1, 0.15) is 0 Å². The molecule has 1 aromatic carbocycles. The molecule has 19 heavy (non-hydrogen) atoms. The molecule has 1 aliphatic heterocycles. The first kappa shape index (κ1) is 14.0. The lowest BCUT2D eigenvalue weighted by Gasteiger charge is -2.33. The van der Waals surface area contributed by atoms with Crippen molar-refractivity contribution >= 4 is 16.9 Å². The number of allylic oxidation sites excluding steroid dienone is 1. The number of hydrogen-bond donors (Lipinski definition) is 2. The Morgan fingerprint density at radius 1 is 1.26 bits per heavy atom. The fraction of sp³-hybridized carbons (Fsp3) is 0.529. The quantitative estimate of drug-likeness (QED) is 0.812. The van der Waals surface area contributed by atoms with Gasteiger partial charge in [-0.15, -0.1) is 0 Å². The number of rotatable bonds is 3. The van der Waals surface area contributed by atoms with E-state index in [1.807, 2.05) is 0 Å². The van der Waals surface area contributed by atoms with Crippen LogP contribution in [0, 0.1) is 6.92 Å². The molecule has 0 spiro atoms. The summed E-state index contributed by atoms with van der Waals surface area (Å²) in [6, 6.07) is 5.02. The molecule has 1 atom stereocenters. The van der Waals surface area contributed by atoms with Crippen molar-refractivity contribution in [2.45, 2.75) is 59.5 Å². The fourth-order valence-corrected chi connectivity index (χ4v) is 2.71. The molecule has 0 aromatic heterocycles. The highest BCUT2D eigenvalue weighted by Gasteiger charge is 2.24. The summed E-state index contributed by atoms with van der Waals surface area (Å²) in [5.74, 6) is 0. The smallest absolute Gasteiger partial charge is 0.0506 e. The molecule has 2 nitrogen and oxygen atoms in total. The molecule has 2 rings (SSSR count). The van der Waals surface area contributed by atoms with Crippen LogP contribution < -0.4 is 10.6 Å². The minimum absolute atomic E-state index is 0.0352. The Bertz CT molecular complexity index is 512. The maximum absolute atomic E-state index is 3.63. The van der Waals surface area contributed by atoms with E-state index in [0.29, 0.717) is 6.04 Å². The van der Waals surface area contributed by atoms with Crippen LogP contribution in [0.3, 0.4) is 0 Å². The van der Waals surface area contributed by atoms with Gasteiger partial charge in [-0.25, -0.2) is 0 Å². The third kappa shape index (κ3) is 2.94. The number of nitrogens with one attached hydrogen (secondary N) is 2. The van der Waals surface area contributed by atoms with Crippen molar-refractivity contribution in [3.63, 3.8) is 0 Å². The lowest BCUT2D eigenvalue weighted by atomic mass is 9.89. The third-order valence-electron chi connectivity index (χ3n) is 3.81. The van der Waals surface area contributed by atoms with E-state index in [2.05, 4.69) is 70.4 Å². The largest absolute Gasteiger partial charge is 0.383 e. The van der Waals surface area contributed by atoms with Crippen LogP contribution in [0.15, 0.2) is 18.2 Å². The van der Waals surface area contributed by atoms with E-state index < -0.39 is 0 Å². The van der Waals surface area contributed by atoms with Gasteiger partial charge in [0.2, 0.25) is 0 Å². The zero-order valence-corrected chi connectivity index (χ0v) is 13.0. The fourth-order valence-electron chi connectivity index (χ4n) is 2.71. The van der Waals surface area contributed by atoms with Crippen LogP contribution in [-0.2, 0) is 0 Å². The number of benzene rings is 1. The molecular weight excluding hydrogens is 232 g/mol. The summed E-state index contributed by atoms with van der Waals surface area (Å²) in [4.78, 5) is 0. The first-order valence-corrected chi connectivity index (χ1v) is 7.21. The van der Waals surface area contributed by atoms with E-state index in [4.69, 9.17) is 0 Å². The molecule has 1 aliphatic rings. The monoisotopic (exact) mass is 258 g/mol. The van der Waals surface area contributed by atoms with Crippen LogP contribution in [-0.4, -0.2) is 11.6 Å². The zero-order valence-electron chi connectivity index (χ0n) is 13.0. The van der Waals surface area contributed by atoms with Crippen LogP contribution in [0.25, 0.3) is 5.57 Å². The average Bonchev–Trinajstić information content (AvgIpc) is 2.30. The Balaban J connectivity index is 2.42. The summed E-state index contributed by atoms with van der Waals surface area (Å²) in [6.07, 6.45) is 3.44. The third-order valence-corrected chi connectivity index (χ3v) is 3.81. The first-order valence-electron chi connectivity index (χ1n) is 7.21. The van der Waals surface area contributed by atoms with Gasteiger partial charge in [-0.2, -0.15) is 0 Å². The Morgan fingerprint density at radius 2 is 1.95 bits per heavy atom. The molecule has 0 radical (unpaired) electrons. The lowest BCUT2D eigenvalue weighted by Crippen LogP contribution is -2.32. The van der Waals surface area contributed by atoms with E-state index in [-0.39, 0.29) is 5.54 Å². The summed E-state index contributed by atoms with van der Waals surface area (Å²) in [5, 5.41) is 7.19. The molecule has 0 saturated carbocycles. The zero-order chi connectivity index (χ0) is 14.2. The van der Waals surface area contributed by atoms with Crippen LogP contribution in [0.2, 0.25) is 0 Å². The first-order chi connectivity index (χ1) is 8.82. The molecule has 104 valence electrons. The van der Waals surface area contributed by atoms with Gasteiger partial charge in [-0.1, -0.05) is 13.0 Å². The molecule has 2 heteroatoms. The molecular formula is C17H26N2.